The molecule has 0 aliphatic carbocycles. The van der Waals surface area contributed by atoms with Crippen molar-refractivity contribution in [2.75, 3.05) is 25.0 Å². The molecule has 0 amide bonds. The van der Waals surface area contributed by atoms with Gasteiger partial charge in [-0.2, -0.15) is 4.31 Å². The van der Waals surface area contributed by atoms with E-state index in [0.717, 1.165) is 6.42 Å². The molecule has 7 nitrogen and oxygen atoms in total. The molecule has 0 spiro atoms. The summed E-state index contributed by atoms with van der Waals surface area (Å²) in [7, 11) is -3.61. The quantitative estimate of drug-likeness (QED) is 0.794. The number of anilines is 1. The molecule has 2 heterocycles. The summed E-state index contributed by atoms with van der Waals surface area (Å²) in [6, 6.07) is -0.335. The average Bonchev–Trinajstić information content (AvgIpc) is 2.89. The fraction of sp³-hybridized carbons (Fsp3) is 0.636. The summed E-state index contributed by atoms with van der Waals surface area (Å²) in [5.41, 5.74) is 0. The zero-order valence-electron chi connectivity index (χ0n) is 10.8. The number of aromatic nitrogens is 2. The number of sulfonamides is 1. The largest absolute Gasteiger partial charge is 0.395 e. The second-order valence-corrected chi connectivity index (χ2v) is 6.26. The van der Waals surface area contributed by atoms with Gasteiger partial charge in [-0.25, -0.2) is 18.4 Å². The summed E-state index contributed by atoms with van der Waals surface area (Å²) in [6.45, 7) is 2.85. The lowest BCUT2D eigenvalue weighted by atomic mass is 10.2. The molecule has 1 aliphatic rings. The maximum Gasteiger partial charge on any atom is 0.246 e. The van der Waals surface area contributed by atoms with E-state index in [2.05, 4.69) is 15.3 Å². The molecule has 19 heavy (non-hydrogen) atoms. The number of aliphatic hydroxyl groups is 1. The highest BCUT2D eigenvalue weighted by atomic mass is 32.2. The van der Waals surface area contributed by atoms with Crippen LogP contribution in [-0.4, -0.2) is 53.5 Å². The molecule has 1 unspecified atom stereocenters. The first-order valence-corrected chi connectivity index (χ1v) is 7.72. The number of hydrogen-bond donors (Lipinski definition) is 2. The van der Waals surface area contributed by atoms with Gasteiger partial charge in [-0.05, 0) is 19.8 Å². The van der Waals surface area contributed by atoms with Crippen molar-refractivity contribution in [3.63, 3.8) is 0 Å². The van der Waals surface area contributed by atoms with Gasteiger partial charge in [-0.15, -0.1) is 0 Å². The Hall–Kier alpha value is -1.25. The second-order valence-electron chi connectivity index (χ2n) is 4.37. The van der Waals surface area contributed by atoms with Gasteiger partial charge in [0.2, 0.25) is 16.0 Å². The van der Waals surface area contributed by atoms with Crippen LogP contribution in [-0.2, 0) is 10.0 Å². The van der Waals surface area contributed by atoms with Crippen molar-refractivity contribution >= 4 is 16.0 Å². The van der Waals surface area contributed by atoms with Crippen LogP contribution in [0.4, 0.5) is 5.95 Å². The number of aliphatic hydroxyl groups excluding tert-OH is 1. The first kappa shape index (κ1) is 14.2. The topological polar surface area (TPSA) is 95.4 Å². The molecule has 1 saturated heterocycles. The van der Waals surface area contributed by atoms with Crippen LogP contribution in [0.2, 0.25) is 0 Å². The van der Waals surface area contributed by atoms with Gasteiger partial charge in [0, 0.05) is 19.1 Å². The molecule has 1 fully saturated rings. The van der Waals surface area contributed by atoms with E-state index in [1.165, 1.54) is 16.7 Å². The number of nitrogens with zero attached hydrogens (tertiary/aromatic N) is 3. The third kappa shape index (κ3) is 2.85. The Morgan fingerprint density at radius 1 is 1.47 bits per heavy atom. The highest BCUT2D eigenvalue weighted by Crippen LogP contribution is 2.25. The maximum atomic E-state index is 12.4. The minimum atomic E-state index is -3.61. The molecule has 1 aromatic heterocycles. The monoisotopic (exact) mass is 286 g/mol. The highest BCUT2D eigenvalue weighted by molar-refractivity contribution is 7.89. The van der Waals surface area contributed by atoms with E-state index >= 15 is 0 Å². The van der Waals surface area contributed by atoms with Crippen molar-refractivity contribution in [3.05, 3.63) is 12.4 Å². The van der Waals surface area contributed by atoms with Crippen molar-refractivity contribution in [2.45, 2.75) is 30.7 Å². The predicted octanol–water partition coefficient (Wildman–Crippen LogP) is 0.0538. The zero-order chi connectivity index (χ0) is 13.9. The Morgan fingerprint density at radius 2 is 2.16 bits per heavy atom. The molecule has 106 valence electrons. The molecule has 1 aliphatic heterocycles. The van der Waals surface area contributed by atoms with E-state index in [1.54, 1.807) is 0 Å². The molecular weight excluding hydrogens is 268 g/mol. The molecule has 2 N–H and O–H groups in total. The number of rotatable bonds is 5. The van der Waals surface area contributed by atoms with Crippen LogP contribution in [0.15, 0.2) is 17.3 Å². The van der Waals surface area contributed by atoms with Gasteiger partial charge in [0.15, 0.2) is 0 Å². The van der Waals surface area contributed by atoms with E-state index in [1.807, 2.05) is 6.92 Å². The predicted molar refractivity (Wildman–Crippen MR) is 70.2 cm³/mol. The smallest absolute Gasteiger partial charge is 0.246 e. The van der Waals surface area contributed by atoms with Crippen molar-refractivity contribution in [3.8, 4) is 0 Å². The summed E-state index contributed by atoms with van der Waals surface area (Å²) < 4.78 is 26.1. The van der Waals surface area contributed by atoms with Gasteiger partial charge in [0.25, 0.3) is 0 Å². The van der Waals surface area contributed by atoms with E-state index in [0.29, 0.717) is 25.5 Å². The molecule has 0 saturated carbocycles. The Kier molecular flexibility index (Phi) is 4.33. The molecule has 1 aromatic rings. The summed E-state index contributed by atoms with van der Waals surface area (Å²) in [5.74, 6) is 0.404. The first-order valence-electron chi connectivity index (χ1n) is 6.28. The van der Waals surface area contributed by atoms with Gasteiger partial charge < -0.3 is 10.4 Å². The number of hydrogen-bond acceptors (Lipinski definition) is 6. The van der Waals surface area contributed by atoms with E-state index < -0.39 is 10.0 Å². The van der Waals surface area contributed by atoms with Crippen molar-refractivity contribution < 1.29 is 13.5 Å². The minimum Gasteiger partial charge on any atom is -0.395 e. The van der Waals surface area contributed by atoms with Crippen LogP contribution in [0.25, 0.3) is 0 Å². The Labute approximate surface area is 112 Å². The molecule has 0 radical (unpaired) electrons. The Balaban J connectivity index is 2.24. The zero-order valence-corrected chi connectivity index (χ0v) is 11.6. The molecule has 0 aromatic carbocycles. The lowest BCUT2D eigenvalue weighted by Crippen LogP contribution is -2.37. The van der Waals surface area contributed by atoms with Gasteiger partial charge >= 0.3 is 0 Å². The summed E-state index contributed by atoms with van der Waals surface area (Å²) in [6.07, 6.45) is 4.05. The van der Waals surface area contributed by atoms with Crippen LogP contribution >= 0.6 is 0 Å². The fourth-order valence-electron chi connectivity index (χ4n) is 2.14. The standard InChI is InChI=1S/C11H18N4O3S/c1-2-12-11-13-6-10(7-14-11)19(17,18)15-5-3-4-9(15)8-16/h6-7,9,16H,2-5,8H2,1H3,(H,12,13,14). The van der Waals surface area contributed by atoms with Crippen LogP contribution < -0.4 is 5.32 Å². The Morgan fingerprint density at radius 3 is 2.74 bits per heavy atom. The van der Waals surface area contributed by atoms with Crippen LogP contribution in [0, 0.1) is 0 Å². The van der Waals surface area contributed by atoms with Crippen molar-refractivity contribution in [1.29, 1.82) is 0 Å². The highest BCUT2D eigenvalue weighted by Gasteiger charge is 2.35. The lowest BCUT2D eigenvalue weighted by Gasteiger charge is -2.22. The van der Waals surface area contributed by atoms with Gasteiger partial charge in [-0.3, -0.25) is 0 Å². The average molecular weight is 286 g/mol. The second kappa shape index (κ2) is 5.81. The van der Waals surface area contributed by atoms with E-state index in [4.69, 9.17) is 0 Å². The minimum absolute atomic E-state index is 0.0644. The molecule has 2 rings (SSSR count). The molecule has 0 bridgehead atoms. The van der Waals surface area contributed by atoms with Crippen molar-refractivity contribution in [1.82, 2.24) is 14.3 Å². The summed E-state index contributed by atoms with van der Waals surface area (Å²) >= 11 is 0. The maximum absolute atomic E-state index is 12.4. The van der Waals surface area contributed by atoms with Gasteiger partial charge in [0.1, 0.15) is 4.90 Å². The van der Waals surface area contributed by atoms with Crippen LogP contribution in [0.3, 0.4) is 0 Å². The number of nitrogens with one attached hydrogen (secondary N) is 1. The normalized spacial score (nSPS) is 20.6. The van der Waals surface area contributed by atoms with Gasteiger partial charge in [-0.1, -0.05) is 0 Å². The molecule has 8 heteroatoms. The Bertz CT molecular complexity index is 517. The summed E-state index contributed by atoms with van der Waals surface area (Å²) in [5, 5.41) is 12.1. The molecule has 1 atom stereocenters. The van der Waals surface area contributed by atoms with E-state index in [-0.39, 0.29) is 17.5 Å². The SMILES string of the molecule is CCNc1ncc(S(=O)(=O)N2CCCC2CO)cn1. The summed E-state index contributed by atoms with van der Waals surface area (Å²) in [4.78, 5) is 8.00. The van der Waals surface area contributed by atoms with Crippen LogP contribution in [0.1, 0.15) is 19.8 Å². The van der Waals surface area contributed by atoms with Crippen LogP contribution in [0.5, 0.6) is 0 Å². The third-order valence-corrected chi connectivity index (χ3v) is 5.01. The molecular formula is C11H18N4O3S. The lowest BCUT2D eigenvalue weighted by molar-refractivity contribution is 0.213. The first-order chi connectivity index (χ1) is 9.09. The van der Waals surface area contributed by atoms with Crippen molar-refractivity contribution in [2.24, 2.45) is 0 Å². The third-order valence-electron chi connectivity index (χ3n) is 3.10. The van der Waals surface area contributed by atoms with Gasteiger partial charge in [0.05, 0.1) is 19.0 Å². The fourth-order valence-corrected chi connectivity index (χ4v) is 3.72. The van der Waals surface area contributed by atoms with E-state index in [9.17, 15) is 13.5 Å².